The van der Waals surface area contributed by atoms with Crippen LogP contribution >= 0.6 is 0 Å². The Morgan fingerprint density at radius 1 is 1.30 bits per heavy atom. The Bertz CT molecular complexity index is 905. The van der Waals surface area contributed by atoms with E-state index in [1.807, 2.05) is 25.1 Å². The minimum Gasteiger partial charge on any atom is -0.454 e. The third-order valence-electron chi connectivity index (χ3n) is 5.34. The Morgan fingerprint density at radius 3 is 2.43 bits per heavy atom. The lowest BCUT2D eigenvalue weighted by atomic mass is 9.90. The second-order valence-corrected chi connectivity index (χ2v) is 7.99. The second kappa shape index (κ2) is 8.53. The van der Waals surface area contributed by atoms with Crippen molar-refractivity contribution in [2.45, 2.75) is 45.7 Å². The topological polar surface area (TPSA) is 129 Å². The first-order valence-corrected chi connectivity index (χ1v) is 9.52. The van der Waals surface area contributed by atoms with Crippen LogP contribution < -0.4 is 10.6 Å². The van der Waals surface area contributed by atoms with Gasteiger partial charge in [0.2, 0.25) is 0 Å². The monoisotopic (exact) mass is 414 g/mol. The predicted octanol–water partition coefficient (Wildman–Crippen LogP) is 1.36. The van der Waals surface area contributed by atoms with E-state index < -0.39 is 48.0 Å². The summed E-state index contributed by atoms with van der Waals surface area (Å²) in [6.45, 7) is 7.33. The molecule has 0 radical (unpaired) electrons. The van der Waals surface area contributed by atoms with Crippen molar-refractivity contribution in [3.63, 3.8) is 0 Å². The summed E-state index contributed by atoms with van der Waals surface area (Å²) in [7, 11) is 0. The molecule has 2 N–H and O–H groups in total. The molecule has 1 aliphatic heterocycles. The van der Waals surface area contributed by atoms with Crippen molar-refractivity contribution in [2.75, 3.05) is 13.2 Å². The second-order valence-electron chi connectivity index (χ2n) is 7.99. The van der Waals surface area contributed by atoms with E-state index >= 15 is 0 Å². The van der Waals surface area contributed by atoms with Crippen molar-refractivity contribution < 1.29 is 23.9 Å². The minimum absolute atomic E-state index is 0.160. The lowest BCUT2D eigenvalue weighted by Crippen LogP contribution is -2.50. The number of amides is 4. The molecule has 0 aromatic heterocycles. The smallest absolute Gasteiger partial charge is 0.326 e. The molecule has 1 aromatic rings. The number of carbonyl (C=O) groups is 4. The maximum atomic E-state index is 12.8. The molecule has 160 valence electrons. The fraction of sp³-hybridized carbons (Fsp3) is 0.476. The fourth-order valence-corrected chi connectivity index (χ4v) is 2.87. The number of nitriles is 1. The van der Waals surface area contributed by atoms with Crippen LogP contribution in [0.5, 0.6) is 0 Å². The largest absolute Gasteiger partial charge is 0.454 e. The van der Waals surface area contributed by atoms with E-state index in [4.69, 9.17) is 4.74 Å². The van der Waals surface area contributed by atoms with E-state index in [9.17, 15) is 24.4 Å². The van der Waals surface area contributed by atoms with Gasteiger partial charge in [0.1, 0.15) is 17.6 Å². The number of esters is 1. The zero-order valence-corrected chi connectivity index (χ0v) is 17.7. The van der Waals surface area contributed by atoms with Crippen LogP contribution in [0.3, 0.4) is 0 Å². The summed E-state index contributed by atoms with van der Waals surface area (Å²) in [6, 6.07) is 8.41. The fourth-order valence-electron chi connectivity index (χ4n) is 2.87. The van der Waals surface area contributed by atoms with Crippen LogP contribution in [-0.4, -0.2) is 47.4 Å². The van der Waals surface area contributed by atoms with E-state index in [2.05, 4.69) is 10.6 Å². The number of rotatable bonds is 7. The summed E-state index contributed by atoms with van der Waals surface area (Å²) in [5.74, 6) is -2.31. The maximum Gasteiger partial charge on any atom is 0.326 e. The molecule has 0 bridgehead atoms. The number of urea groups is 1. The van der Waals surface area contributed by atoms with Gasteiger partial charge in [0, 0.05) is 0 Å². The van der Waals surface area contributed by atoms with Gasteiger partial charge in [0.15, 0.2) is 6.61 Å². The third kappa shape index (κ3) is 4.59. The number of hydrogen-bond donors (Lipinski definition) is 2. The Labute approximate surface area is 175 Å². The molecule has 0 aliphatic carbocycles. The summed E-state index contributed by atoms with van der Waals surface area (Å²) in [5.41, 5.74) is -0.813. The molecule has 1 aliphatic rings. The molecule has 9 heteroatoms. The number of imide groups is 1. The molecular formula is C21H26N4O5. The van der Waals surface area contributed by atoms with Gasteiger partial charge in [-0.25, -0.2) is 4.79 Å². The predicted molar refractivity (Wildman–Crippen MR) is 107 cm³/mol. The van der Waals surface area contributed by atoms with Gasteiger partial charge in [-0.05, 0) is 32.3 Å². The van der Waals surface area contributed by atoms with Crippen molar-refractivity contribution in [1.29, 1.82) is 5.26 Å². The van der Waals surface area contributed by atoms with Crippen LogP contribution in [0.15, 0.2) is 24.3 Å². The van der Waals surface area contributed by atoms with Crippen molar-refractivity contribution in [1.82, 2.24) is 15.5 Å². The zero-order chi connectivity index (χ0) is 22.7. The van der Waals surface area contributed by atoms with E-state index in [1.54, 1.807) is 39.8 Å². The van der Waals surface area contributed by atoms with Crippen LogP contribution in [0.4, 0.5) is 4.79 Å². The quantitative estimate of drug-likeness (QED) is 0.512. The van der Waals surface area contributed by atoms with Gasteiger partial charge in [-0.15, -0.1) is 0 Å². The summed E-state index contributed by atoms with van der Waals surface area (Å²) < 4.78 is 4.89. The molecular weight excluding hydrogens is 388 g/mol. The van der Waals surface area contributed by atoms with Gasteiger partial charge in [-0.3, -0.25) is 19.3 Å². The first-order valence-electron chi connectivity index (χ1n) is 9.52. The zero-order valence-electron chi connectivity index (χ0n) is 17.7. The van der Waals surface area contributed by atoms with Gasteiger partial charge in [-0.1, -0.05) is 43.7 Å². The molecule has 30 heavy (non-hydrogen) atoms. The molecule has 1 fully saturated rings. The molecule has 1 heterocycles. The van der Waals surface area contributed by atoms with E-state index in [0.717, 1.165) is 10.5 Å². The van der Waals surface area contributed by atoms with Crippen LogP contribution in [0.1, 0.15) is 38.8 Å². The molecule has 2 atom stereocenters. The van der Waals surface area contributed by atoms with Crippen LogP contribution in [0.2, 0.25) is 0 Å². The van der Waals surface area contributed by atoms with Gasteiger partial charge >= 0.3 is 12.0 Å². The van der Waals surface area contributed by atoms with Gasteiger partial charge in [0.25, 0.3) is 11.8 Å². The molecule has 0 saturated carbocycles. The number of ether oxygens (including phenoxy) is 1. The highest BCUT2D eigenvalue weighted by Crippen LogP contribution is 2.28. The number of nitrogens with zero attached hydrogens (tertiary/aromatic N) is 2. The summed E-state index contributed by atoms with van der Waals surface area (Å²) in [6.07, 6.45) is 0. The summed E-state index contributed by atoms with van der Waals surface area (Å²) in [5, 5.41) is 14.3. The number of hydrogen-bond acceptors (Lipinski definition) is 6. The van der Waals surface area contributed by atoms with Gasteiger partial charge in [-0.2, -0.15) is 5.26 Å². The summed E-state index contributed by atoms with van der Waals surface area (Å²) in [4.78, 5) is 50.0. The van der Waals surface area contributed by atoms with Gasteiger partial charge in [0.05, 0.1) is 6.07 Å². The maximum absolute atomic E-state index is 12.8. The van der Waals surface area contributed by atoms with E-state index in [0.29, 0.717) is 5.56 Å². The first-order chi connectivity index (χ1) is 13.9. The van der Waals surface area contributed by atoms with Crippen molar-refractivity contribution in [3.8, 4) is 6.07 Å². The average Bonchev–Trinajstić information content (AvgIpc) is 2.90. The number of benzene rings is 1. The first kappa shape index (κ1) is 22.9. The molecule has 1 saturated heterocycles. The molecule has 2 rings (SSSR count). The number of aryl methyl sites for hydroxylation is 1. The van der Waals surface area contributed by atoms with Gasteiger partial charge < -0.3 is 15.4 Å². The highest BCUT2D eigenvalue weighted by molar-refractivity contribution is 6.08. The summed E-state index contributed by atoms with van der Waals surface area (Å²) >= 11 is 0. The van der Waals surface area contributed by atoms with E-state index in [-0.39, 0.29) is 5.92 Å². The van der Waals surface area contributed by atoms with Crippen molar-refractivity contribution >= 4 is 23.8 Å². The lowest BCUT2D eigenvalue weighted by Gasteiger charge is -2.27. The lowest BCUT2D eigenvalue weighted by molar-refractivity contribution is -0.151. The minimum atomic E-state index is -1.30. The molecule has 1 aromatic carbocycles. The molecule has 9 nitrogen and oxygen atoms in total. The van der Waals surface area contributed by atoms with Crippen LogP contribution in [-0.2, 0) is 24.7 Å². The number of carbonyl (C=O) groups excluding carboxylic acids is 4. The van der Waals surface area contributed by atoms with E-state index in [1.165, 1.54) is 0 Å². The SMILES string of the molecule is Cc1ccc([C@@]2(C)NC(=O)N(CC(=O)OCC(=O)N[C@@](C)(C#N)C(C)C)C2=O)cc1. The third-order valence-corrected chi connectivity index (χ3v) is 5.34. The highest BCUT2D eigenvalue weighted by atomic mass is 16.5. The van der Waals surface area contributed by atoms with Crippen molar-refractivity contribution in [2.24, 2.45) is 5.92 Å². The van der Waals surface area contributed by atoms with Crippen LogP contribution in [0, 0.1) is 24.2 Å². The normalized spacial score (nSPS) is 20.4. The highest BCUT2D eigenvalue weighted by Gasteiger charge is 2.49. The Hall–Kier alpha value is -3.41. The van der Waals surface area contributed by atoms with Crippen molar-refractivity contribution in [3.05, 3.63) is 35.4 Å². The Kier molecular flexibility index (Phi) is 6.50. The molecule has 0 spiro atoms. The molecule has 0 unspecified atom stereocenters. The Balaban J connectivity index is 1.98. The standard InChI is InChI=1S/C21H26N4O5/c1-13(2)20(4,12-22)23-16(26)11-30-17(27)10-25-18(28)21(5,24-19(25)29)15-8-6-14(3)7-9-15/h6-9,13H,10-11H2,1-5H3,(H,23,26)(H,24,29)/t20-,21+/m0/s1. The molecule has 4 amide bonds. The number of nitrogens with one attached hydrogen (secondary N) is 2. The van der Waals surface area contributed by atoms with Crippen LogP contribution in [0.25, 0.3) is 0 Å². The Morgan fingerprint density at radius 2 is 1.90 bits per heavy atom. The average molecular weight is 414 g/mol.